The van der Waals surface area contributed by atoms with E-state index in [1.807, 2.05) is 30.3 Å². The van der Waals surface area contributed by atoms with Crippen molar-refractivity contribution in [1.82, 2.24) is 4.98 Å². The number of nitrogens with zero attached hydrogens (tertiary/aromatic N) is 1. The van der Waals surface area contributed by atoms with Crippen molar-refractivity contribution in [1.29, 1.82) is 0 Å². The molecule has 1 aliphatic carbocycles. The normalized spacial score (nSPS) is 18.4. The van der Waals surface area contributed by atoms with Crippen molar-refractivity contribution >= 4 is 10.9 Å². The first kappa shape index (κ1) is 12.6. The smallest absolute Gasteiger partial charge is 0.0862 e. The van der Waals surface area contributed by atoms with Crippen LogP contribution in [0.4, 0.5) is 0 Å². The molecule has 0 saturated heterocycles. The van der Waals surface area contributed by atoms with E-state index in [1.165, 1.54) is 12.8 Å². The second kappa shape index (κ2) is 5.27. The molecule has 3 rings (SSSR count). The molecular formula is C16H19NO2. The van der Waals surface area contributed by atoms with E-state index in [9.17, 15) is 5.11 Å². The van der Waals surface area contributed by atoms with Gasteiger partial charge in [-0.15, -0.1) is 0 Å². The minimum atomic E-state index is -0.467. The largest absolute Gasteiger partial charge is 0.390 e. The molecule has 1 saturated carbocycles. The van der Waals surface area contributed by atoms with E-state index in [2.05, 4.69) is 11.1 Å². The van der Waals surface area contributed by atoms with Crippen LogP contribution in [-0.4, -0.2) is 29.4 Å². The first-order valence-corrected chi connectivity index (χ1v) is 6.83. The van der Waals surface area contributed by atoms with Gasteiger partial charge in [-0.2, -0.15) is 0 Å². The lowest BCUT2D eigenvalue weighted by molar-refractivity contribution is -0.0241. The van der Waals surface area contributed by atoms with Gasteiger partial charge < -0.3 is 9.84 Å². The van der Waals surface area contributed by atoms with Gasteiger partial charge in [0.2, 0.25) is 0 Å². The molecule has 0 bridgehead atoms. The molecule has 0 spiro atoms. The Bertz CT molecular complexity index is 565. The number of ether oxygens (including phenoxy) is 1. The number of benzene rings is 1. The Kier molecular flexibility index (Phi) is 3.49. The lowest BCUT2D eigenvalue weighted by atomic mass is 10.0. The fourth-order valence-electron chi connectivity index (χ4n) is 2.64. The molecule has 100 valence electrons. The SMILES string of the molecule is COC(C(O)Cc1ccc2ccccc2n1)C1CC1. The van der Waals surface area contributed by atoms with Gasteiger partial charge in [0.15, 0.2) is 0 Å². The fraction of sp³-hybridized carbons (Fsp3) is 0.438. The van der Waals surface area contributed by atoms with Gasteiger partial charge >= 0.3 is 0 Å². The van der Waals surface area contributed by atoms with Gasteiger partial charge in [0.1, 0.15) is 0 Å². The molecule has 0 amide bonds. The highest BCUT2D eigenvalue weighted by Gasteiger charge is 2.36. The van der Waals surface area contributed by atoms with E-state index in [0.29, 0.717) is 12.3 Å². The van der Waals surface area contributed by atoms with Gasteiger partial charge in [-0.05, 0) is 30.9 Å². The van der Waals surface area contributed by atoms with Crippen LogP contribution in [-0.2, 0) is 11.2 Å². The van der Waals surface area contributed by atoms with Crippen LogP contribution < -0.4 is 0 Å². The summed E-state index contributed by atoms with van der Waals surface area (Å²) in [5, 5.41) is 11.4. The molecule has 19 heavy (non-hydrogen) atoms. The minimum absolute atomic E-state index is 0.0479. The van der Waals surface area contributed by atoms with Gasteiger partial charge in [-0.25, -0.2) is 0 Å². The Morgan fingerprint density at radius 1 is 1.26 bits per heavy atom. The molecule has 0 radical (unpaired) electrons. The van der Waals surface area contributed by atoms with Gasteiger partial charge in [-0.1, -0.05) is 24.3 Å². The van der Waals surface area contributed by atoms with Crippen LogP contribution in [0.25, 0.3) is 10.9 Å². The molecule has 1 heterocycles. The number of aromatic nitrogens is 1. The van der Waals surface area contributed by atoms with Crippen LogP contribution in [0.15, 0.2) is 36.4 Å². The maximum atomic E-state index is 10.3. The van der Waals surface area contributed by atoms with Crippen molar-refractivity contribution in [3.63, 3.8) is 0 Å². The van der Waals surface area contributed by atoms with Crippen LogP contribution in [0, 0.1) is 5.92 Å². The Hall–Kier alpha value is -1.45. The summed E-state index contributed by atoms with van der Waals surface area (Å²) in [6.45, 7) is 0. The van der Waals surface area contributed by atoms with Gasteiger partial charge in [0.05, 0.1) is 17.7 Å². The molecule has 1 fully saturated rings. The van der Waals surface area contributed by atoms with Crippen molar-refractivity contribution in [3.05, 3.63) is 42.1 Å². The number of fused-ring (bicyclic) bond motifs is 1. The summed E-state index contributed by atoms with van der Waals surface area (Å²) >= 11 is 0. The van der Waals surface area contributed by atoms with E-state index < -0.39 is 6.10 Å². The summed E-state index contributed by atoms with van der Waals surface area (Å²) in [5.41, 5.74) is 1.90. The Morgan fingerprint density at radius 2 is 2.05 bits per heavy atom. The first-order chi connectivity index (χ1) is 9.28. The summed E-state index contributed by atoms with van der Waals surface area (Å²) in [6, 6.07) is 12.1. The molecule has 0 aliphatic heterocycles. The van der Waals surface area contributed by atoms with Gasteiger partial charge in [0.25, 0.3) is 0 Å². The highest BCUT2D eigenvalue weighted by molar-refractivity contribution is 5.78. The maximum Gasteiger partial charge on any atom is 0.0862 e. The maximum absolute atomic E-state index is 10.3. The van der Waals surface area contributed by atoms with E-state index in [4.69, 9.17) is 4.74 Å². The number of aliphatic hydroxyl groups excluding tert-OH is 1. The molecule has 3 nitrogen and oxygen atoms in total. The van der Waals surface area contributed by atoms with E-state index in [1.54, 1.807) is 7.11 Å². The quantitative estimate of drug-likeness (QED) is 0.895. The third-order valence-corrected chi connectivity index (χ3v) is 3.81. The second-order valence-corrected chi connectivity index (χ2v) is 5.30. The monoisotopic (exact) mass is 257 g/mol. The first-order valence-electron chi connectivity index (χ1n) is 6.83. The summed E-state index contributed by atoms with van der Waals surface area (Å²) in [5.74, 6) is 0.528. The zero-order valence-corrected chi connectivity index (χ0v) is 11.1. The average Bonchev–Trinajstić information content (AvgIpc) is 3.24. The number of rotatable bonds is 5. The number of hydrogen-bond acceptors (Lipinski definition) is 3. The number of hydrogen-bond donors (Lipinski definition) is 1. The molecule has 1 aliphatic rings. The minimum Gasteiger partial charge on any atom is -0.390 e. The van der Waals surface area contributed by atoms with Crippen molar-refractivity contribution in [2.45, 2.75) is 31.5 Å². The molecule has 1 aromatic carbocycles. The average molecular weight is 257 g/mol. The third-order valence-electron chi connectivity index (χ3n) is 3.81. The summed E-state index contributed by atoms with van der Waals surface area (Å²) < 4.78 is 5.42. The number of aliphatic hydroxyl groups is 1. The third kappa shape index (κ3) is 2.77. The number of para-hydroxylation sites is 1. The zero-order chi connectivity index (χ0) is 13.2. The van der Waals surface area contributed by atoms with Crippen molar-refractivity contribution in [2.24, 2.45) is 5.92 Å². The van der Waals surface area contributed by atoms with E-state index in [0.717, 1.165) is 16.6 Å². The van der Waals surface area contributed by atoms with Crippen molar-refractivity contribution in [2.75, 3.05) is 7.11 Å². The van der Waals surface area contributed by atoms with Crippen LogP contribution in [0.5, 0.6) is 0 Å². The van der Waals surface area contributed by atoms with Crippen molar-refractivity contribution < 1.29 is 9.84 Å². The van der Waals surface area contributed by atoms with Crippen LogP contribution in [0.3, 0.4) is 0 Å². The van der Waals surface area contributed by atoms with E-state index >= 15 is 0 Å². The Labute approximate surface area is 113 Å². The van der Waals surface area contributed by atoms with Crippen LogP contribution in [0.2, 0.25) is 0 Å². The van der Waals surface area contributed by atoms with E-state index in [-0.39, 0.29) is 6.10 Å². The predicted octanol–water partition coefficient (Wildman–Crippen LogP) is 2.56. The Morgan fingerprint density at radius 3 is 2.79 bits per heavy atom. The molecule has 3 heteroatoms. The topological polar surface area (TPSA) is 42.4 Å². The Balaban J connectivity index is 1.76. The molecule has 2 atom stereocenters. The summed E-state index contributed by atoms with van der Waals surface area (Å²) in [4.78, 5) is 4.60. The van der Waals surface area contributed by atoms with Crippen molar-refractivity contribution in [3.8, 4) is 0 Å². The molecule has 2 aromatic rings. The number of methoxy groups -OCH3 is 1. The van der Waals surface area contributed by atoms with Crippen LogP contribution >= 0.6 is 0 Å². The zero-order valence-electron chi connectivity index (χ0n) is 11.1. The summed E-state index contributed by atoms with van der Waals surface area (Å²) in [7, 11) is 1.68. The fourth-order valence-corrected chi connectivity index (χ4v) is 2.64. The predicted molar refractivity (Wildman–Crippen MR) is 75.0 cm³/mol. The molecular weight excluding hydrogens is 238 g/mol. The molecule has 1 aromatic heterocycles. The highest BCUT2D eigenvalue weighted by atomic mass is 16.5. The van der Waals surface area contributed by atoms with Gasteiger partial charge in [0, 0.05) is 24.6 Å². The standard InChI is InChI=1S/C16H19NO2/c1-19-16(12-6-7-12)15(18)10-13-9-8-11-4-2-3-5-14(11)17-13/h2-5,8-9,12,15-16,18H,6-7,10H2,1H3. The molecule has 2 unspecified atom stereocenters. The summed E-state index contributed by atoms with van der Waals surface area (Å²) in [6.07, 6.45) is 2.38. The lowest BCUT2D eigenvalue weighted by Gasteiger charge is -2.21. The van der Waals surface area contributed by atoms with Crippen LogP contribution in [0.1, 0.15) is 18.5 Å². The highest BCUT2D eigenvalue weighted by Crippen LogP contribution is 2.36. The molecule has 1 N–H and O–H groups in total. The van der Waals surface area contributed by atoms with Gasteiger partial charge in [-0.3, -0.25) is 4.98 Å². The number of pyridine rings is 1. The second-order valence-electron chi connectivity index (χ2n) is 5.30. The lowest BCUT2D eigenvalue weighted by Crippen LogP contribution is -2.32.